The summed E-state index contributed by atoms with van der Waals surface area (Å²) in [6.45, 7) is 4.34. The van der Waals surface area contributed by atoms with Gasteiger partial charge in [0.25, 0.3) is 0 Å². The molecule has 24 heavy (non-hydrogen) atoms. The Morgan fingerprint density at radius 1 is 1.08 bits per heavy atom. The second-order valence-electron chi connectivity index (χ2n) is 6.22. The number of pyridine rings is 1. The van der Waals surface area contributed by atoms with Gasteiger partial charge in [-0.1, -0.05) is 37.6 Å². The van der Waals surface area contributed by atoms with Gasteiger partial charge in [-0.2, -0.15) is 0 Å². The number of aromatic nitrogens is 3. The summed E-state index contributed by atoms with van der Waals surface area (Å²) in [5, 5.41) is 0.451. The molecule has 0 aliphatic heterocycles. The molecule has 0 saturated carbocycles. The van der Waals surface area contributed by atoms with Gasteiger partial charge in [-0.3, -0.25) is 0 Å². The van der Waals surface area contributed by atoms with Crippen LogP contribution in [0.25, 0.3) is 0 Å². The molecular weight excluding hydrogens is 325 g/mol. The minimum atomic E-state index is -0.243. The highest BCUT2D eigenvalue weighted by Crippen LogP contribution is 2.42. The predicted octanol–water partition coefficient (Wildman–Crippen LogP) is 5.17. The quantitative estimate of drug-likeness (QED) is 0.649. The van der Waals surface area contributed by atoms with Gasteiger partial charge in [0, 0.05) is 29.9 Å². The molecule has 0 radical (unpaired) electrons. The van der Waals surface area contributed by atoms with Crippen LogP contribution in [0.4, 0.5) is 4.39 Å². The second kappa shape index (κ2) is 7.14. The number of rotatable bonds is 5. The van der Waals surface area contributed by atoms with Crippen LogP contribution < -0.4 is 0 Å². The molecular formula is C19H19ClFN3. The first-order chi connectivity index (χ1) is 11.6. The van der Waals surface area contributed by atoms with Crippen LogP contribution in [0.1, 0.15) is 42.5 Å². The van der Waals surface area contributed by atoms with Crippen LogP contribution >= 0.6 is 11.6 Å². The Kier molecular flexibility index (Phi) is 4.95. The van der Waals surface area contributed by atoms with Crippen molar-refractivity contribution in [3.8, 4) is 0 Å². The van der Waals surface area contributed by atoms with Crippen LogP contribution in [0.3, 0.4) is 0 Å². The van der Waals surface area contributed by atoms with Gasteiger partial charge >= 0.3 is 0 Å². The Bertz CT molecular complexity index is 785. The van der Waals surface area contributed by atoms with Gasteiger partial charge in [-0.15, -0.1) is 0 Å². The van der Waals surface area contributed by atoms with Gasteiger partial charge in [0.15, 0.2) is 0 Å². The average Bonchev–Trinajstić information content (AvgIpc) is 3.07. The predicted molar refractivity (Wildman–Crippen MR) is 93.7 cm³/mol. The molecule has 2 aromatic heterocycles. The number of hydrogen-bond donors (Lipinski definition) is 1. The molecule has 0 bridgehead atoms. The number of H-pyrrole nitrogens is 1. The number of nitrogens with one attached hydrogen (secondary N) is 1. The molecule has 3 rings (SSSR count). The third-order valence-electron chi connectivity index (χ3n) is 4.29. The molecule has 124 valence electrons. The molecule has 0 aliphatic rings. The maximum Gasteiger partial charge on any atom is 0.129 e. The standard InChI is InChI=1S/C19H19ClFN3/c1-12(2)18(16-10-22-11-24-16)19(13-3-5-15(21)6-4-13)14-7-8-23-17(20)9-14/h3-12,18-19H,1-2H3,(H,22,24). The molecule has 3 nitrogen and oxygen atoms in total. The summed E-state index contributed by atoms with van der Waals surface area (Å²) in [5.41, 5.74) is 3.13. The molecule has 0 saturated heterocycles. The van der Waals surface area contributed by atoms with E-state index in [4.69, 9.17) is 11.6 Å². The largest absolute Gasteiger partial charge is 0.348 e. The fourth-order valence-corrected chi connectivity index (χ4v) is 3.44. The number of halogens is 2. The summed E-state index contributed by atoms with van der Waals surface area (Å²) in [4.78, 5) is 11.5. The van der Waals surface area contributed by atoms with E-state index in [1.165, 1.54) is 12.1 Å². The zero-order chi connectivity index (χ0) is 17.1. The highest BCUT2D eigenvalue weighted by Gasteiger charge is 2.30. The zero-order valence-electron chi connectivity index (χ0n) is 13.6. The van der Waals surface area contributed by atoms with Crippen molar-refractivity contribution in [2.45, 2.75) is 25.7 Å². The lowest BCUT2D eigenvalue weighted by Gasteiger charge is -2.30. The van der Waals surface area contributed by atoms with E-state index in [0.29, 0.717) is 11.1 Å². The smallest absolute Gasteiger partial charge is 0.129 e. The lowest BCUT2D eigenvalue weighted by atomic mass is 9.74. The summed E-state index contributed by atoms with van der Waals surface area (Å²) >= 11 is 6.12. The van der Waals surface area contributed by atoms with Gasteiger partial charge in [-0.05, 0) is 41.3 Å². The summed E-state index contributed by atoms with van der Waals surface area (Å²) in [5.74, 6) is 0.267. The number of nitrogens with zero attached hydrogens (tertiary/aromatic N) is 2. The molecule has 0 fully saturated rings. The van der Waals surface area contributed by atoms with Crippen LogP contribution in [-0.2, 0) is 0 Å². The fraction of sp³-hybridized carbons (Fsp3) is 0.263. The van der Waals surface area contributed by atoms with Gasteiger partial charge in [0.2, 0.25) is 0 Å². The van der Waals surface area contributed by atoms with E-state index in [0.717, 1.165) is 16.8 Å². The fourth-order valence-electron chi connectivity index (χ4n) is 3.26. The Labute approximate surface area is 145 Å². The van der Waals surface area contributed by atoms with Crippen molar-refractivity contribution in [2.75, 3.05) is 0 Å². The van der Waals surface area contributed by atoms with Crippen molar-refractivity contribution in [3.05, 3.63) is 82.9 Å². The van der Waals surface area contributed by atoms with Gasteiger partial charge in [0.05, 0.1) is 6.33 Å². The van der Waals surface area contributed by atoms with E-state index in [-0.39, 0.29) is 17.7 Å². The van der Waals surface area contributed by atoms with E-state index in [9.17, 15) is 4.39 Å². The van der Waals surface area contributed by atoms with Crippen molar-refractivity contribution < 1.29 is 4.39 Å². The molecule has 2 unspecified atom stereocenters. The Balaban J connectivity index is 2.15. The summed E-state index contributed by atoms with van der Waals surface area (Å²) in [6, 6.07) is 10.5. The lowest BCUT2D eigenvalue weighted by Crippen LogP contribution is -2.19. The van der Waals surface area contributed by atoms with Crippen molar-refractivity contribution in [2.24, 2.45) is 5.92 Å². The second-order valence-corrected chi connectivity index (χ2v) is 6.61. The summed E-state index contributed by atoms with van der Waals surface area (Å²) < 4.78 is 13.4. The van der Waals surface area contributed by atoms with Crippen LogP contribution in [0.5, 0.6) is 0 Å². The minimum absolute atomic E-state index is 0.0200. The maximum absolute atomic E-state index is 13.4. The third kappa shape index (κ3) is 3.49. The molecule has 0 spiro atoms. The summed E-state index contributed by atoms with van der Waals surface area (Å²) in [7, 11) is 0. The molecule has 1 aromatic carbocycles. The number of hydrogen-bond acceptors (Lipinski definition) is 2. The first-order valence-corrected chi connectivity index (χ1v) is 8.29. The first-order valence-electron chi connectivity index (χ1n) is 7.91. The number of imidazole rings is 1. The topological polar surface area (TPSA) is 41.6 Å². The molecule has 5 heteroatoms. The SMILES string of the molecule is CC(C)C(c1cnc[nH]1)C(c1ccc(F)cc1)c1ccnc(Cl)c1. The molecule has 0 aliphatic carbocycles. The van der Waals surface area contributed by atoms with Gasteiger partial charge in [-0.25, -0.2) is 14.4 Å². The molecule has 2 heterocycles. The van der Waals surface area contributed by atoms with E-state index >= 15 is 0 Å². The van der Waals surface area contributed by atoms with Gasteiger partial charge in [0.1, 0.15) is 11.0 Å². The molecule has 1 N–H and O–H groups in total. The number of aromatic amines is 1. The number of benzene rings is 1. The molecule has 3 aromatic rings. The Morgan fingerprint density at radius 2 is 1.83 bits per heavy atom. The Hall–Kier alpha value is -2.20. The normalized spacial score (nSPS) is 13.9. The van der Waals surface area contributed by atoms with E-state index in [1.807, 2.05) is 30.5 Å². The van der Waals surface area contributed by atoms with E-state index < -0.39 is 0 Å². The molecule has 2 atom stereocenters. The zero-order valence-corrected chi connectivity index (χ0v) is 14.3. The van der Waals surface area contributed by atoms with E-state index in [1.54, 1.807) is 12.5 Å². The van der Waals surface area contributed by atoms with Crippen molar-refractivity contribution in [1.82, 2.24) is 15.0 Å². The van der Waals surface area contributed by atoms with Crippen molar-refractivity contribution in [1.29, 1.82) is 0 Å². The lowest BCUT2D eigenvalue weighted by molar-refractivity contribution is 0.445. The molecule has 0 amide bonds. The van der Waals surface area contributed by atoms with E-state index in [2.05, 4.69) is 28.8 Å². The highest BCUT2D eigenvalue weighted by atomic mass is 35.5. The average molecular weight is 344 g/mol. The van der Waals surface area contributed by atoms with Crippen LogP contribution in [-0.4, -0.2) is 15.0 Å². The van der Waals surface area contributed by atoms with Crippen LogP contribution in [0, 0.1) is 11.7 Å². The van der Waals surface area contributed by atoms with Crippen LogP contribution in [0.15, 0.2) is 55.1 Å². The van der Waals surface area contributed by atoms with Crippen molar-refractivity contribution in [3.63, 3.8) is 0 Å². The van der Waals surface area contributed by atoms with Crippen molar-refractivity contribution >= 4 is 11.6 Å². The monoisotopic (exact) mass is 343 g/mol. The minimum Gasteiger partial charge on any atom is -0.348 e. The first kappa shape index (κ1) is 16.7. The van der Waals surface area contributed by atoms with Gasteiger partial charge < -0.3 is 4.98 Å². The highest BCUT2D eigenvalue weighted by molar-refractivity contribution is 6.29. The van der Waals surface area contributed by atoms with Crippen LogP contribution in [0.2, 0.25) is 5.15 Å². The maximum atomic E-state index is 13.4. The third-order valence-corrected chi connectivity index (χ3v) is 4.50. The summed E-state index contributed by atoms with van der Waals surface area (Å²) in [6.07, 6.45) is 5.24. The Morgan fingerprint density at radius 3 is 2.42 bits per heavy atom.